The van der Waals surface area contributed by atoms with E-state index < -0.39 is 0 Å². The summed E-state index contributed by atoms with van der Waals surface area (Å²) >= 11 is 1.66. The first kappa shape index (κ1) is 19.6. The van der Waals surface area contributed by atoms with Crippen LogP contribution in [0.4, 0.5) is 11.5 Å². The van der Waals surface area contributed by atoms with Crippen LogP contribution in [0.25, 0.3) is 10.6 Å². The molecule has 1 fully saturated rings. The van der Waals surface area contributed by atoms with Crippen LogP contribution in [0.1, 0.15) is 29.5 Å². The first-order valence-electron chi connectivity index (χ1n) is 10.0. The van der Waals surface area contributed by atoms with Crippen LogP contribution in [0.2, 0.25) is 0 Å². The fraction of sp³-hybridized carbons (Fsp3) is 0.348. The maximum absolute atomic E-state index is 12.8. The van der Waals surface area contributed by atoms with E-state index in [9.17, 15) is 4.79 Å². The second kappa shape index (κ2) is 8.33. The SMILES string of the molecule is Cc1cc(C)c(NC(=O)C2CCN(c3ccc(-c4cccs4)nn3)CC2)c(C)c1. The lowest BCUT2D eigenvalue weighted by Gasteiger charge is -2.32. The van der Waals surface area contributed by atoms with Crippen LogP contribution in [-0.4, -0.2) is 29.2 Å². The summed E-state index contributed by atoms with van der Waals surface area (Å²) in [6.45, 7) is 7.82. The maximum Gasteiger partial charge on any atom is 0.227 e. The lowest BCUT2D eigenvalue weighted by Crippen LogP contribution is -2.38. The molecule has 4 rings (SSSR count). The summed E-state index contributed by atoms with van der Waals surface area (Å²) in [6, 6.07) is 12.4. The van der Waals surface area contributed by atoms with E-state index in [1.54, 1.807) is 11.3 Å². The van der Waals surface area contributed by atoms with Gasteiger partial charge in [-0.25, -0.2) is 0 Å². The van der Waals surface area contributed by atoms with Crippen molar-refractivity contribution in [3.63, 3.8) is 0 Å². The van der Waals surface area contributed by atoms with E-state index >= 15 is 0 Å². The van der Waals surface area contributed by atoms with E-state index in [2.05, 4.69) is 59.4 Å². The van der Waals surface area contributed by atoms with Gasteiger partial charge in [0, 0.05) is 24.7 Å². The van der Waals surface area contributed by atoms with Gasteiger partial charge in [0.05, 0.1) is 4.88 Å². The Morgan fingerprint density at radius 2 is 1.79 bits per heavy atom. The molecule has 0 aliphatic carbocycles. The number of rotatable bonds is 4. The molecular formula is C23H26N4OS. The fourth-order valence-electron chi connectivity index (χ4n) is 4.02. The number of carbonyl (C=O) groups is 1. The zero-order chi connectivity index (χ0) is 20.4. The van der Waals surface area contributed by atoms with Crippen molar-refractivity contribution in [1.29, 1.82) is 0 Å². The van der Waals surface area contributed by atoms with E-state index in [-0.39, 0.29) is 11.8 Å². The van der Waals surface area contributed by atoms with Crippen molar-refractivity contribution in [2.75, 3.05) is 23.3 Å². The molecule has 29 heavy (non-hydrogen) atoms. The molecule has 3 aromatic rings. The van der Waals surface area contributed by atoms with Crippen molar-refractivity contribution in [2.45, 2.75) is 33.6 Å². The Kier molecular flexibility index (Phi) is 5.62. The first-order chi connectivity index (χ1) is 14.0. The lowest BCUT2D eigenvalue weighted by atomic mass is 9.95. The number of nitrogens with zero attached hydrogens (tertiary/aromatic N) is 3. The monoisotopic (exact) mass is 406 g/mol. The first-order valence-corrected chi connectivity index (χ1v) is 10.9. The number of carbonyl (C=O) groups excluding carboxylic acids is 1. The number of hydrogen-bond donors (Lipinski definition) is 1. The van der Waals surface area contributed by atoms with Crippen molar-refractivity contribution in [1.82, 2.24) is 10.2 Å². The molecule has 0 unspecified atom stereocenters. The Morgan fingerprint density at radius 1 is 1.07 bits per heavy atom. The van der Waals surface area contributed by atoms with Crippen molar-refractivity contribution >= 4 is 28.7 Å². The van der Waals surface area contributed by atoms with Gasteiger partial charge in [-0.15, -0.1) is 21.5 Å². The molecule has 1 aliphatic heterocycles. The molecule has 0 spiro atoms. The number of thiophene rings is 1. The lowest BCUT2D eigenvalue weighted by molar-refractivity contribution is -0.120. The largest absolute Gasteiger partial charge is 0.355 e. The van der Waals surface area contributed by atoms with Gasteiger partial charge >= 0.3 is 0 Å². The Labute approximate surface area is 175 Å². The molecule has 0 atom stereocenters. The number of hydrogen-bond acceptors (Lipinski definition) is 5. The second-order valence-electron chi connectivity index (χ2n) is 7.78. The van der Waals surface area contributed by atoms with Gasteiger partial charge in [0.15, 0.2) is 5.82 Å². The summed E-state index contributed by atoms with van der Waals surface area (Å²) in [5.74, 6) is 1.04. The number of nitrogens with one attached hydrogen (secondary N) is 1. The molecule has 6 heteroatoms. The van der Waals surface area contributed by atoms with Gasteiger partial charge in [-0.1, -0.05) is 23.8 Å². The third-order valence-corrected chi connectivity index (χ3v) is 6.43. The average molecular weight is 407 g/mol. The standard InChI is InChI=1S/C23H26N4OS/c1-15-13-16(2)22(17(3)14-15)24-23(28)18-8-10-27(11-9-18)21-7-6-19(25-26-21)20-5-4-12-29-20/h4-7,12-14,18H,8-11H2,1-3H3,(H,24,28). The van der Waals surface area contributed by atoms with Gasteiger partial charge < -0.3 is 10.2 Å². The van der Waals surface area contributed by atoms with Gasteiger partial charge in [0.25, 0.3) is 0 Å². The predicted molar refractivity (Wildman–Crippen MR) is 120 cm³/mol. The van der Waals surface area contributed by atoms with Gasteiger partial charge in [-0.3, -0.25) is 4.79 Å². The molecular weight excluding hydrogens is 380 g/mol. The van der Waals surface area contributed by atoms with E-state index in [4.69, 9.17) is 0 Å². The Balaban J connectivity index is 1.36. The normalized spacial score (nSPS) is 14.8. The quantitative estimate of drug-likeness (QED) is 0.663. The number of aryl methyl sites for hydroxylation is 3. The summed E-state index contributed by atoms with van der Waals surface area (Å²) in [6.07, 6.45) is 1.65. The van der Waals surface area contributed by atoms with Gasteiger partial charge in [0.2, 0.25) is 5.91 Å². The zero-order valence-electron chi connectivity index (χ0n) is 17.1. The van der Waals surface area contributed by atoms with Crippen LogP contribution < -0.4 is 10.2 Å². The minimum absolute atomic E-state index is 0.0321. The molecule has 150 valence electrons. The third-order valence-electron chi connectivity index (χ3n) is 5.54. The molecule has 3 heterocycles. The van der Waals surface area contributed by atoms with Gasteiger partial charge in [0.1, 0.15) is 5.69 Å². The summed E-state index contributed by atoms with van der Waals surface area (Å²) in [5.41, 5.74) is 5.32. The molecule has 0 bridgehead atoms. The van der Waals surface area contributed by atoms with Crippen LogP contribution in [0, 0.1) is 26.7 Å². The molecule has 1 amide bonds. The Hall–Kier alpha value is -2.73. The Bertz CT molecular complexity index is 967. The van der Waals surface area contributed by atoms with E-state index in [0.29, 0.717) is 0 Å². The molecule has 5 nitrogen and oxygen atoms in total. The highest BCUT2D eigenvalue weighted by Crippen LogP contribution is 2.27. The van der Waals surface area contributed by atoms with E-state index in [1.165, 1.54) is 5.56 Å². The molecule has 1 saturated heterocycles. The minimum Gasteiger partial charge on any atom is -0.355 e. The minimum atomic E-state index is 0.0321. The Morgan fingerprint density at radius 3 is 2.38 bits per heavy atom. The fourth-order valence-corrected chi connectivity index (χ4v) is 4.71. The summed E-state index contributed by atoms with van der Waals surface area (Å²) in [4.78, 5) is 16.2. The summed E-state index contributed by atoms with van der Waals surface area (Å²) in [5, 5.41) is 14.0. The smallest absolute Gasteiger partial charge is 0.227 e. The molecule has 1 aliphatic rings. The highest BCUT2D eigenvalue weighted by Gasteiger charge is 2.26. The van der Waals surface area contributed by atoms with Crippen molar-refractivity contribution < 1.29 is 4.79 Å². The number of amides is 1. The van der Waals surface area contributed by atoms with Gasteiger partial charge in [-0.05, 0) is 68.3 Å². The molecule has 2 aromatic heterocycles. The molecule has 0 saturated carbocycles. The summed E-state index contributed by atoms with van der Waals surface area (Å²) in [7, 11) is 0. The highest BCUT2D eigenvalue weighted by atomic mass is 32.1. The van der Waals surface area contributed by atoms with Crippen molar-refractivity contribution in [3.8, 4) is 10.6 Å². The number of aromatic nitrogens is 2. The van der Waals surface area contributed by atoms with E-state index in [1.807, 2.05) is 23.6 Å². The van der Waals surface area contributed by atoms with Crippen molar-refractivity contribution in [3.05, 3.63) is 58.5 Å². The number of piperidine rings is 1. The topological polar surface area (TPSA) is 58.1 Å². The zero-order valence-corrected chi connectivity index (χ0v) is 17.9. The predicted octanol–water partition coefficient (Wildman–Crippen LogP) is 4.99. The van der Waals surface area contributed by atoms with Crippen LogP contribution >= 0.6 is 11.3 Å². The number of anilines is 2. The highest BCUT2D eigenvalue weighted by molar-refractivity contribution is 7.13. The number of benzene rings is 1. The van der Waals surface area contributed by atoms with Crippen LogP contribution in [0.15, 0.2) is 41.8 Å². The second-order valence-corrected chi connectivity index (χ2v) is 8.73. The van der Waals surface area contributed by atoms with Crippen LogP contribution in [0.3, 0.4) is 0 Å². The van der Waals surface area contributed by atoms with Crippen LogP contribution in [0.5, 0.6) is 0 Å². The molecule has 1 N–H and O–H groups in total. The molecule has 1 aromatic carbocycles. The maximum atomic E-state index is 12.8. The third kappa shape index (κ3) is 4.32. The average Bonchev–Trinajstić information content (AvgIpc) is 3.26. The van der Waals surface area contributed by atoms with Crippen LogP contribution in [-0.2, 0) is 4.79 Å². The molecule has 0 radical (unpaired) electrons. The van der Waals surface area contributed by atoms with Crippen molar-refractivity contribution in [2.24, 2.45) is 5.92 Å². The van der Waals surface area contributed by atoms with E-state index in [0.717, 1.165) is 59.1 Å². The van der Waals surface area contributed by atoms with Gasteiger partial charge in [-0.2, -0.15) is 0 Å². The summed E-state index contributed by atoms with van der Waals surface area (Å²) < 4.78 is 0.